The van der Waals surface area contributed by atoms with E-state index in [2.05, 4.69) is 15.3 Å². The van der Waals surface area contributed by atoms with Crippen molar-refractivity contribution in [2.45, 2.75) is 69.2 Å². The molecule has 0 bridgehead atoms. The minimum Gasteiger partial charge on any atom is -0.481 e. The number of carboxylic acids is 2. The number of likely N-dealkylation sites (tertiary alicyclic amines) is 1. The van der Waals surface area contributed by atoms with Crippen molar-refractivity contribution in [3.63, 3.8) is 0 Å². The number of amidine groups is 1. The highest BCUT2D eigenvalue weighted by molar-refractivity contribution is 6.05. The van der Waals surface area contributed by atoms with Crippen molar-refractivity contribution < 1.29 is 30.0 Å². The van der Waals surface area contributed by atoms with E-state index >= 15 is 0 Å². The normalized spacial score (nSPS) is 26.4. The number of hydrogen-bond donors (Lipinski definition) is 6. The zero-order valence-corrected chi connectivity index (χ0v) is 16.4. The van der Waals surface area contributed by atoms with Gasteiger partial charge in [0.2, 0.25) is 5.96 Å². The van der Waals surface area contributed by atoms with Crippen LogP contribution in [0.15, 0.2) is 9.98 Å². The highest BCUT2D eigenvalue weighted by Crippen LogP contribution is 2.19. The van der Waals surface area contributed by atoms with Crippen LogP contribution in [0, 0.1) is 0 Å². The average Bonchev–Trinajstić information content (AvgIpc) is 3.01. The molecule has 1 fully saturated rings. The standard InChI is InChI=1S/C18H31N5O6/c19-11(17(28)29)5-2-4-8-23-10-14(25)13(24)9-12-16(23)22-18(21-12)20-7-3-1-6-15(26)27/h11-14,24-25H,1-10,19H2,(H,20,21)(H,26,27)(H,28,29)/t11-,12-,13-,14+/m0/s1. The number of β-amino-alcohol motifs (C(OH)–C–C–N with tert-alkyl or cyclic N) is 1. The van der Waals surface area contributed by atoms with Gasteiger partial charge in [0.25, 0.3) is 0 Å². The molecule has 0 radical (unpaired) electrons. The Balaban J connectivity index is 1.93. The van der Waals surface area contributed by atoms with Crippen molar-refractivity contribution in [1.29, 1.82) is 0 Å². The molecule has 0 aromatic heterocycles. The van der Waals surface area contributed by atoms with Crippen LogP contribution in [0.3, 0.4) is 0 Å². The van der Waals surface area contributed by atoms with Crippen LogP contribution in [-0.2, 0) is 9.59 Å². The molecule has 0 amide bonds. The van der Waals surface area contributed by atoms with Gasteiger partial charge in [0.1, 0.15) is 11.9 Å². The second-order valence-corrected chi connectivity index (χ2v) is 7.48. The van der Waals surface area contributed by atoms with Crippen LogP contribution < -0.4 is 11.1 Å². The number of unbranched alkanes of at least 4 members (excludes halogenated alkanes) is 2. The van der Waals surface area contributed by atoms with Crippen LogP contribution in [0.4, 0.5) is 0 Å². The van der Waals surface area contributed by atoms with Crippen molar-refractivity contribution in [3.05, 3.63) is 0 Å². The summed E-state index contributed by atoms with van der Waals surface area (Å²) in [6.45, 7) is 1.24. The maximum atomic E-state index is 10.8. The van der Waals surface area contributed by atoms with Gasteiger partial charge in [-0.25, -0.2) is 0 Å². The molecule has 4 atom stereocenters. The number of guanidine groups is 1. The molecule has 0 saturated carbocycles. The van der Waals surface area contributed by atoms with E-state index < -0.39 is 30.2 Å². The zero-order chi connectivity index (χ0) is 21.4. The summed E-state index contributed by atoms with van der Waals surface area (Å²) in [6, 6.07) is -1.15. The minimum absolute atomic E-state index is 0.110. The van der Waals surface area contributed by atoms with E-state index in [9.17, 15) is 19.8 Å². The SMILES string of the molecule is N[C@@H](CCCCN1C[C@@H](O)[C@@H](O)C[C@@H]2NC(=NCCCCC(=O)O)N=C21)C(=O)O. The van der Waals surface area contributed by atoms with Crippen LogP contribution in [0.5, 0.6) is 0 Å². The Hall–Kier alpha value is -2.24. The van der Waals surface area contributed by atoms with Gasteiger partial charge in [-0.2, -0.15) is 4.99 Å². The van der Waals surface area contributed by atoms with Crippen molar-refractivity contribution in [1.82, 2.24) is 10.2 Å². The van der Waals surface area contributed by atoms with Gasteiger partial charge in [0.15, 0.2) is 0 Å². The van der Waals surface area contributed by atoms with E-state index in [4.69, 9.17) is 15.9 Å². The Morgan fingerprint density at radius 1 is 1.21 bits per heavy atom. The Morgan fingerprint density at radius 3 is 2.66 bits per heavy atom. The van der Waals surface area contributed by atoms with Crippen molar-refractivity contribution in [2.75, 3.05) is 19.6 Å². The number of aliphatic hydroxyl groups is 2. The predicted molar refractivity (Wildman–Crippen MR) is 106 cm³/mol. The average molecular weight is 413 g/mol. The molecule has 0 spiro atoms. The van der Waals surface area contributed by atoms with Gasteiger partial charge < -0.3 is 36.4 Å². The fourth-order valence-electron chi connectivity index (χ4n) is 3.38. The fourth-order valence-corrected chi connectivity index (χ4v) is 3.38. The number of aliphatic hydroxyl groups excluding tert-OH is 2. The lowest BCUT2D eigenvalue weighted by Gasteiger charge is -2.26. The summed E-state index contributed by atoms with van der Waals surface area (Å²) in [4.78, 5) is 32.1. The molecule has 7 N–H and O–H groups in total. The van der Waals surface area contributed by atoms with E-state index in [1.54, 1.807) is 0 Å². The third-order valence-electron chi connectivity index (χ3n) is 5.06. The molecule has 2 heterocycles. The van der Waals surface area contributed by atoms with Crippen LogP contribution in [0.25, 0.3) is 0 Å². The highest BCUT2D eigenvalue weighted by Gasteiger charge is 2.37. The van der Waals surface area contributed by atoms with E-state index in [-0.39, 0.29) is 19.0 Å². The number of nitrogens with one attached hydrogen (secondary N) is 1. The summed E-state index contributed by atoms with van der Waals surface area (Å²) in [7, 11) is 0. The number of rotatable bonds is 11. The first-order valence-electron chi connectivity index (χ1n) is 9.98. The Kier molecular flexibility index (Phi) is 8.80. The Labute approximate surface area is 169 Å². The molecule has 1 saturated heterocycles. The molecule has 0 aromatic rings. The predicted octanol–water partition coefficient (Wildman–Crippen LogP) is -1.02. The van der Waals surface area contributed by atoms with Gasteiger partial charge in [0.05, 0.1) is 18.2 Å². The van der Waals surface area contributed by atoms with Crippen LogP contribution in [0.1, 0.15) is 44.9 Å². The lowest BCUT2D eigenvalue weighted by atomic mass is 10.1. The van der Waals surface area contributed by atoms with Gasteiger partial charge in [-0.3, -0.25) is 14.6 Å². The maximum Gasteiger partial charge on any atom is 0.320 e. The van der Waals surface area contributed by atoms with Crippen molar-refractivity contribution in [2.24, 2.45) is 15.7 Å². The topological polar surface area (TPSA) is 181 Å². The van der Waals surface area contributed by atoms with E-state index in [1.165, 1.54) is 0 Å². The van der Waals surface area contributed by atoms with Crippen LogP contribution >= 0.6 is 0 Å². The molecule has 0 aliphatic carbocycles. The fraction of sp³-hybridized carbons (Fsp3) is 0.778. The first-order chi connectivity index (χ1) is 13.8. The number of aliphatic imine (C=N–C) groups is 2. The number of hydrogen-bond acceptors (Lipinski definition) is 7. The summed E-state index contributed by atoms with van der Waals surface area (Å²) in [5, 5.41) is 41.0. The molecular formula is C18H31N5O6. The van der Waals surface area contributed by atoms with Gasteiger partial charge in [0, 0.05) is 32.5 Å². The van der Waals surface area contributed by atoms with Crippen molar-refractivity contribution in [3.8, 4) is 0 Å². The molecule has 29 heavy (non-hydrogen) atoms. The van der Waals surface area contributed by atoms with Crippen LogP contribution in [0.2, 0.25) is 0 Å². The smallest absolute Gasteiger partial charge is 0.320 e. The number of nitrogens with two attached hydrogens (primary N) is 1. The number of nitrogens with zero attached hydrogens (tertiary/aromatic N) is 3. The summed E-state index contributed by atoms with van der Waals surface area (Å²) in [6.07, 6.45) is 1.48. The minimum atomic E-state index is -1.02. The second kappa shape index (κ2) is 11.1. The van der Waals surface area contributed by atoms with Crippen LogP contribution in [-0.4, -0.2) is 93.0 Å². The molecule has 2 aliphatic heterocycles. The lowest BCUT2D eigenvalue weighted by molar-refractivity contribution is -0.139. The Morgan fingerprint density at radius 2 is 1.97 bits per heavy atom. The number of carbonyl (C=O) groups is 2. The third-order valence-corrected chi connectivity index (χ3v) is 5.06. The number of aliphatic carboxylic acids is 2. The molecular weight excluding hydrogens is 382 g/mol. The van der Waals surface area contributed by atoms with Gasteiger partial charge in [-0.15, -0.1) is 0 Å². The zero-order valence-electron chi connectivity index (χ0n) is 16.4. The Bertz CT molecular complexity index is 640. The van der Waals surface area contributed by atoms with Gasteiger partial charge in [-0.1, -0.05) is 0 Å². The first kappa shape index (κ1) is 23.0. The summed E-state index contributed by atoms with van der Waals surface area (Å²) >= 11 is 0. The van der Waals surface area contributed by atoms with Gasteiger partial charge >= 0.3 is 11.9 Å². The van der Waals surface area contributed by atoms with Gasteiger partial charge in [-0.05, 0) is 32.1 Å². The number of carboxylic acid groups (broad SMARTS) is 2. The quantitative estimate of drug-likeness (QED) is 0.231. The third kappa shape index (κ3) is 7.26. The monoisotopic (exact) mass is 413 g/mol. The molecule has 0 aromatic carbocycles. The molecule has 2 rings (SSSR count). The van der Waals surface area contributed by atoms with E-state index in [1.807, 2.05) is 4.90 Å². The highest BCUT2D eigenvalue weighted by atomic mass is 16.4. The lowest BCUT2D eigenvalue weighted by Crippen LogP contribution is -2.42. The molecule has 164 valence electrons. The van der Waals surface area contributed by atoms with E-state index in [0.717, 1.165) is 0 Å². The molecule has 11 heteroatoms. The molecule has 2 aliphatic rings. The summed E-state index contributed by atoms with van der Waals surface area (Å²) in [5.74, 6) is -0.701. The first-order valence-corrected chi connectivity index (χ1v) is 9.98. The van der Waals surface area contributed by atoms with Crippen molar-refractivity contribution >= 4 is 23.7 Å². The summed E-state index contributed by atoms with van der Waals surface area (Å²) in [5.41, 5.74) is 5.52. The second-order valence-electron chi connectivity index (χ2n) is 7.48. The molecule has 11 nitrogen and oxygen atoms in total. The van der Waals surface area contributed by atoms with E-state index in [0.29, 0.717) is 63.4 Å². The maximum absolute atomic E-state index is 10.8. The summed E-state index contributed by atoms with van der Waals surface area (Å²) < 4.78 is 0. The largest absolute Gasteiger partial charge is 0.481 e. The molecule has 0 unspecified atom stereocenters. The number of fused-ring (bicyclic) bond motifs is 1.